The molecule has 0 radical (unpaired) electrons. The maximum absolute atomic E-state index is 11.3. The quantitative estimate of drug-likeness (QED) is 0.602. The van der Waals surface area contributed by atoms with E-state index in [0.29, 0.717) is 5.41 Å². The van der Waals surface area contributed by atoms with E-state index in [1.54, 1.807) is 12.3 Å². The van der Waals surface area contributed by atoms with Gasteiger partial charge in [0.15, 0.2) is 0 Å². The number of anilines is 1. The molecule has 2 fully saturated rings. The Morgan fingerprint density at radius 1 is 1.38 bits per heavy atom. The third kappa shape index (κ3) is 4.13. The molecular weight excluding hydrogens is 362 g/mol. The first kappa shape index (κ1) is 19.8. The molecule has 1 aromatic carbocycles. The third-order valence-corrected chi connectivity index (χ3v) is 6.75. The molecule has 1 spiro atoms. The smallest absolute Gasteiger partial charge is 0.264 e. The molecule has 0 amide bonds. The molecular formula is C23H31N5O. The number of aromatic nitrogens is 2. The van der Waals surface area contributed by atoms with Crippen molar-refractivity contribution in [1.82, 2.24) is 15.1 Å². The van der Waals surface area contributed by atoms with Crippen LogP contribution in [0.15, 0.2) is 29.2 Å². The van der Waals surface area contributed by atoms with Crippen LogP contribution in [-0.4, -0.2) is 48.0 Å². The molecule has 1 aromatic heterocycles. The van der Waals surface area contributed by atoms with E-state index < -0.39 is 0 Å². The molecule has 6 nitrogen and oxygen atoms in total. The summed E-state index contributed by atoms with van der Waals surface area (Å²) in [5.41, 5.74) is 6.24. The predicted molar refractivity (Wildman–Crippen MR) is 117 cm³/mol. The van der Waals surface area contributed by atoms with Crippen LogP contribution >= 0.6 is 0 Å². The maximum atomic E-state index is 11.3. The zero-order chi connectivity index (χ0) is 20.4. The van der Waals surface area contributed by atoms with Crippen LogP contribution in [0, 0.1) is 23.7 Å². The molecule has 1 aliphatic carbocycles. The van der Waals surface area contributed by atoms with Crippen LogP contribution in [0.3, 0.4) is 0 Å². The number of H-pyrrole nitrogens is 1. The molecule has 3 N–H and O–H groups in total. The predicted octanol–water partition coefficient (Wildman–Crippen LogP) is 3.00. The summed E-state index contributed by atoms with van der Waals surface area (Å²) in [6, 6.07) is 5.92. The highest BCUT2D eigenvalue weighted by Crippen LogP contribution is 2.53. The summed E-state index contributed by atoms with van der Waals surface area (Å²) >= 11 is 0. The SMILES string of the molecule is CNc1c(C=N)ccc(CC2CC3(C2)CN(CCCc2cn[nH]c(=O)c2)C3)c1C. The van der Waals surface area contributed by atoms with Crippen molar-refractivity contribution >= 4 is 11.9 Å². The number of rotatable bonds is 8. The first-order valence-corrected chi connectivity index (χ1v) is 10.6. The van der Waals surface area contributed by atoms with E-state index in [1.165, 1.54) is 43.3 Å². The third-order valence-electron chi connectivity index (χ3n) is 6.75. The molecule has 1 saturated carbocycles. The average Bonchev–Trinajstić information content (AvgIpc) is 2.65. The fourth-order valence-electron chi connectivity index (χ4n) is 5.45. The van der Waals surface area contributed by atoms with E-state index in [-0.39, 0.29) is 5.56 Å². The summed E-state index contributed by atoms with van der Waals surface area (Å²) in [7, 11) is 1.94. The fraction of sp³-hybridized carbons (Fsp3) is 0.522. The van der Waals surface area contributed by atoms with Gasteiger partial charge in [-0.25, -0.2) is 5.10 Å². The Labute approximate surface area is 172 Å². The van der Waals surface area contributed by atoms with Crippen LogP contribution in [-0.2, 0) is 12.8 Å². The van der Waals surface area contributed by atoms with Crippen molar-refractivity contribution in [2.45, 2.75) is 39.0 Å². The van der Waals surface area contributed by atoms with Crippen molar-refractivity contribution in [2.24, 2.45) is 11.3 Å². The largest absolute Gasteiger partial charge is 0.387 e. The molecule has 29 heavy (non-hydrogen) atoms. The van der Waals surface area contributed by atoms with E-state index >= 15 is 0 Å². The highest BCUT2D eigenvalue weighted by atomic mass is 16.1. The highest BCUT2D eigenvalue weighted by molar-refractivity contribution is 5.87. The minimum absolute atomic E-state index is 0.115. The van der Waals surface area contributed by atoms with Crippen LogP contribution < -0.4 is 10.9 Å². The van der Waals surface area contributed by atoms with Crippen LogP contribution in [0.4, 0.5) is 5.69 Å². The lowest BCUT2D eigenvalue weighted by atomic mass is 9.56. The Morgan fingerprint density at radius 2 is 2.17 bits per heavy atom. The van der Waals surface area contributed by atoms with Gasteiger partial charge in [-0.1, -0.05) is 12.1 Å². The number of benzene rings is 1. The molecule has 0 unspecified atom stereocenters. The summed E-state index contributed by atoms with van der Waals surface area (Å²) in [5, 5.41) is 17.1. The number of hydrogen-bond donors (Lipinski definition) is 3. The average molecular weight is 394 g/mol. The maximum Gasteiger partial charge on any atom is 0.264 e. The van der Waals surface area contributed by atoms with Crippen LogP contribution in [0.2, 0.25) is 0 Å². The normalized spacial score (nSPS) is 18.3. The lowest BCUT2D eigenvalue weighted by Gasteiger charge is -2.59. The Kier molecular flexibility index (Phi) is 5.54. The second kappa shape index (κ2) is 8.11. The van der Waals surface area contributed by atoms with Gasteiger partial charge in [-0.05, 0) is 73.6 Å². The minimum Gasteiger partial charge on any atom is -0.387 e. The summed E-state index contributed by atoms with van der Waals surface area (Å²) in [6.07, 6.45) is 9.00. The summed E-state index contributed by atoms with van der Waals surface area (Å²) < 4.78 is 0. The van der Waals surface area contributed by atoms with E-state index in [4.69, 9.17) is 5.41 Å². The standard InChI is InChI=1S/C23H31N5O/c1-16-19(5-6-20(12-24)22(16)25-2)8-18-10-23(11-18)14-28(15-23)7-3-4-17-9-21(29)27-26-13-17/h5-6,9,12-13,18,24-25H,3-4,7-8,10-11,14-15H2,1-2H3,(H,27,29). The van der Waals surface area contributed by atoms with Crippen LogP contribution in [0.5, 0.6) is 0 Å². The highest BCUT2D eigenvalue weighted by Gasteiger charge is 2.51. The second-order valence-electron chi connectivity index (χ2n) is 8.95. The van der Waals surface area contributed by atoms with E-state index in [2.05, 4.69) is 39.5 Å². The Bertz CT molecular complexity index is 937. The molecule has 0 atom stereocenters. The zero-order valence-electron chi connectivity index (χ0n) is 17.4. The summed E-state index contributed by atoms with van der Waals surface area (Å²) in [5.74, 6) is 0.786. The number of likely N-dealkylation sites (tertiary alicyclic amines) is 1. The molecule has 1 aliphatic heterocycles. The van der Waals surface area contributed by atoms with Gasteiger partial charge in [-0.2, -0.15) is 5.10 Å². The Hall–Kier alpha value is -2.47. The van der Waals surface area contributed by atoms with Crippen LogP contribution in [0.1, 0.15) is 41.5 Å². The number of aromatic amines is 1. The molecule has 2 heterocycles. The number of hydrogen-bond acceptors (Lipinski definition) is 5. The molecule has 2 aromatic rings. The minimum atomic E-state index is -0.115. The van der Waals surface area contributed by atoms with E-state index in [9.17, 15) is 4.79 Å². The van der Waals surface area contributed by atoms with E-state index in [0.717, 1.165) is 48.5 Å². The topological polar surface area (TPSA) is 84.9 Å². The van der Waals surface area contributed by atoms with Gasteiger partial charge in [0.1, 0.15) is 0 Å². The van der Waals surface area contributed by atoms with Gasteiger partial charge >= 0.3 is 0 Å². The number of nitrogens with zero attached hydrogens (tertiary/aromatic N) is 2. The molecule has 6 heteroatoms. The van der Waals surface area contributed by atoms with Crippen molar-refractivity contribution in [2.75, 3.05) is 32.0 Å². The van der Waals surface area contributed by atoms with Crippen molar-refractivity contribution < 1.29 is 0 Å². The molecule has 1 saturated heterocycles. The van der Waals surface area contributed by atoms with Gasteiger partial charge in [0.25, 0.3) is 5.56 Å². The summed E-state index contributed by atoms with van der Waals surface area (Å²) in [4.78, 5) is 13.9. The Morgan fingerprint density at radius 3 is 2.86 bits per heavy atom. The van der Waals surface area contributed by atoms with Crippen molar-refractivity contribution in [1.29, 1.82) is 5.41 Å². The van der Waals surface area contributed by atoms with Gasteiger partial charge in [0.05, 0.1) is 6.20 Å². The van der Waals surface area contributed by atoms with Crippen molar-refractivity contribution in [3.63, 3.8) is 0 Å². The first-order chi connectivity index (χ1) is 14.0. The lowest BCUT2D eigenvalue weighted by Crippen LogP contribution is -2.62. The fourth-order valence-corrected chi connectivity index (χ4v) is 5.45. The Balaban J connectivity index is 1.21. The molecule has 0 bridgehead atoms. The van der Waals surface area contributed by atoms with Crippen molar-refractivity contribution in [3.8, 4) is 0 Å². The summed E-state index contributed by atoms with van der Waals surface area (Å²) in [6.45, 7) is 5.73. The number of aryl methyl sites for hydroxylation is 1. The first-order valence-electron chi connectivity index (χ1n) is 10.6. The monoisotopic (exact) mass is 393 g/mol. The second-order valence-corrected chi connectivity index (χ2v) is 8.95. The lowest BCUT2D eigenvalue weighted by molar-refractivity contribution is -0.0937. The van der Waals surface area contributed by atoms with Crippen molar-refractivity contribution in [3.05, 3.63) is 57.0 Å². The van der Waals surface area contributed by atoms with Gasteiger partial charge in [-0.3, -0.25) is 4.79 Å². The molecule has 2 aliphatic rings. The van der Waals surface area contributed by atoms with Crippen LogP contribution in [0.25, 0.3) is 0 Å². The molecule has 154 valence electrons. The van der Waals surface area contributed by atoms with Gasteiger partial charge in [-0.15, -0.1) is 0 Å². The van der Waals surface area contributed by atoms with Gasteiger partial charge in [0.2, 0.25) is 0 Å². The zero-order valence-corrected chi connectivity index (χ0v) is 17.4. The van der Waals surface area contributed by atoms with E-state index in [1.807, 2.05) is 7.05 Å². The number of nitrogens with one attached hydrogen (secondary N) is 3. The van der Waals surface area contributed by atoms with Gasteiger partial charge in [0, 0.05) is 43.7 Å². The molecule has 4 rings (SSSR count). The van der Waals surface area contributed by atoms with Gasteiger partial charge < -0.3 is 15.6 Å².